The third-order valence-electron chi connectivity index (χ3n) is 3.82. The Kier molecular flexibility index (Phi) is 4.84. The molecule has 0 bridgehead atoms. The first-order valence-corrected chi connectivity index (χ1v) is 8.11. The van der Waals surface area contributed by atoms with E-state index in [1.165, 1.54) is 0 Å². The Balaban J connectivity index is 2.20. The molecular weight excluding hydrogens is 316 g/mol. The maximum absolute atomic E-state index is 12.2. The lowest BCUT2D eigenvalue weighted by Gasteiger charge is -2.11. The number of methoxy groups -OCH3 is 1. The third kappa shape index (κ3) is 3.40. The monoisotopic (exact) mass is 336 g/mol. The molecule has 0 aliphatic rings. The smallest absolute Gasteiger partial charge is 0.358 e. The zero-order valence-electron chi connectivity index (χ0n) is 14.5. The minimum Gasteiger partial charge on any atom is -0.496 e. The van der Waals surface area contributed by atoms with Crippen molar-refractivity contribution in [2.45, 2.75) is 13.8 Å². The van der Waals surface area contributed by atoms with E-state index < -0.39 is 5.97 Å². The lowest BCUT2D eigenvalue weighted by Crippen LogP contribution is -2.04. The van der Waals surface area contributed by atoms with Crippen molar-refractivity contribution in [3.05, 3.63) is 66.0 Å². The van der Waals surface area contributed by atoms with Gasteiger partial charge in [0.2, 0.25) is 0 Å². The van der Waals surface area contributed by atoms with Gasteiger partial charge in [-0.05, 0) is 43.7 Å². The third-order valence-corrected chi connectivity index (χ3v) is 3.82. The second-order valence-electron chi connectivity index (χ2n) is 5.58. The van der Waals surface area contributed by atoms with Crippen LogP contribution in [0.25, 0.3) is 17.1 Å². The van der Waals surface area contributed by atoms with Crippen LogP contribution in [0.1, 0.15) is 23.0 Å². The zero-order chi connectivity index (χ0) is 17.8. The van der Waals surface area contributed by atoms with Gasteiger partial charge in [-0.1, -0.05) is 24.3 Å². The van der Waals surface area contributed by atoms with E-state index in [0.717, 1.165) is 16.8 Å². The molecule has 0 spiro atoms. The van der Waals surface area contributed by atoms with Crippen molar-refractivity contribution < 1.29 is 14.3 Å². The van der Waals surface area contributed by atoms with Gasteiger partial charge in [-0.15, -0.1) is 0 Å². The van der Waals surface area contributed by atoms with Crippen molar-refractivity contribution in [1.29, 1.82) is 0 Å². The molecule has 0 radical (unpaired) electrons. The number of nitrogens with zero attached hydrogens (tertiary/aromatic N) is 2. The molecule has 3 rings (SSSR count). The van der Waals surface area contributed by atoms with Crippen LogP contribution in [0.2, 0.25) is 0 Å². The lowest BCUT2D eigenvalue weighted by atomic mass is 10.1. The summed E-state index contributed by atoms with van der Waals surface area (Å²) in [6.45, 7) is 4.10. The molecule has 0 aliphatic heterocycles. The van der Waals surface area contributed by atoms with Gasteiger partial charge in [0.25, 0.3) is 0 Å². The summed E-state index contributed by atoms with van der Waals surface area (Å²) in [5.74, 6) is 0.883. The van der Waals surface area contributed by atoms with E-state index in [9.17, 15) is 4.79 Å². The first-order valence-electron chi connectivity index (χ1n) is 8.11. The molecular formula is C20H20N2O3. The van der Waals surface area contributed by atoms with Crippen LogP contribution in [0.4, 0.5) is 0 Å². The summed E-state index contributed by atoms with van der Waals surface area (Å²) in [6.07, 6.45) is 1.70. The number of carbonyl (C=O) groups is 1. The van der Waals surface area contributed by atoms with E-state index in [2.05, 4.69) is 4.98 Å². The standard InChI is InChI=1S/C20H20N2O3/c1-4-25-20(23)17-13-22(15-9-7-8-14(2)12-15)19(21-17)16-10-5-6-11-18(16)24-3/h5-13H,4H2,1-3H3. The molecule has 25 heavy (non-hydrogen) atoms. The van der Waals surface area contributed by atoms with Gasteiger partial charge in [0, 0.05) is 11.9 Å². The van der Waals surface area contributed by atoms with Crippen LogP contribution in [-0.4, -0.2) is 29.2 Å². The molecule has 0 atom stereocenters. The molecule has 5 heteroatoms. The van der Waals surface area contributed by atoms with Crippen LogP contribution in [0.3, 0.4) is 0 Å². The van der Waals surface area contributed by atoms with Gasteiger partial charge in [0.05, 0.1) is 19.3 Å². The van der Waals surface area contributed by atoms with Crippen LogP contribution in [0.5, 0.6) is 5.75 Å². The van der Waals surface area contributed by atoms with Crippen molar-refractivity contribution in [1.82, 2.24) is 9.55 Å². The van der Waals surface area contributed by atoms with Crippen LogP contribution in [0.15, 0.2) is 54.7 Å². The van der Waals surface area contributed by atoms with E-state index in [0.29, 0.717) is 18.2 Å². The molecule has 0 fully saturated rings. The number of hydrogen-bond acceptors (Lipinski definition) is 4. The number of imidazole rings is 1. The zero-order valence-corrected chi connectivity index (χ0v) is 14.5. The fraction of sp³-hybridized carbons (Fsp3) is 0.200. The molecule has 0 unspecified atom stereocenters. The summed E-state index contributed by atoms with van der Waals surface area (Å²) in [7, 11) is 1.62. The number of ether oxygens (including phenoxy) is 2. The van der Waals surface area contributed by atoms with E-state index in [1.807, 2.05) is 60.0 Å². The van der Waals surface area contributed by atoms with E-state index in [1.54, 1.807) is 20.2 Å². The molecule has 0 aliphatic carbocycles. The van der Waals surface area contributed by atoms with Gasteiger partial charge in [0.1, 0.15) is 11.6 Å². The highest BCUT2D eigenvalue weighted by Gasteiger charge is 2.19. The number of aryl methyl sites for hydroxylation is 1. The summed E-state index contributed by atoms with van der Waals surface area (Å²) in [5.41, 5.74) is 3.12. The van der Waals surface area contributed by atoms with Crippen molar-refractivity contribution in [2.75, 3.05) is 13.7 Å². The van der Waals surface area contributed by atoms with Crippen molar-refractivity contribution >= 4 is 5.97 Å². The van der Waals surface area contributed by atoms with E-state index in [-0.39, 0.29) is 5.69 Å². The quantitative estimate of drug-likeness (QED) is 0.660. The minimum atomic E-state index is -0.440. The topological polar surface area (TPSA) is 53.4 Å². The Labute approximate surface area is 146 Å². The Morgan fingerprint density at radius 1 is 1.16 bits per heavy atom. The average molecular weight is 336 g/mol. The first kappa shape index (κ1) is 16.8. The van der Waals surface area contributed by atoms with Crippen LogP contribution < -0.4 is 4.74 Å². The molecule has 0 saturated heterocycles. The highest BCUT2D eigenvalue weighted by atomic mass is 16.5. The summed E-state index contributed by atoms with van der Waals surface area (Å²) in [4.78, 5) is 16.7. The molecule has 0 saturated carbocycles. The second-order valence-corrected chi connectivity index (χ2v) is 5.58. The summed E-state index contributed by atoms with van der Waals surface area (Å²) in [5, 5.41) is 0. The van der Waals surface area contributed by atoms with Crippen LogP contribution in [-0.2, 0) is 4.74 Å². The SMILES string of the molecule is CCOC(=O)c1cn(-c2cccc(C)c2)c(-c2ccccc2OC)n1. The number of para-hydroxylation sites is 1. The molecule has 2 aromatic carbocycles. The summed E-state index contributed by atoms with van der Waals surface area (Å²) < 4.78 is 12.5. The second kappa shape index (κ2) is 7.21. The predicted octanol–water partition coefficient (Wildman–Crippen LogP) is 4.03. The number of aromatic nitrogens is 2. The maximum atomic E-state index is 12.2. The van der Waals surface area contributed by atoms with Crippen molar-refractivity contribution in [3.63, 3.8) is 0 Å². The molecule has 128 valence electrons. The fourth-order valence-electron chi connectivity index (χ4n) is 2.68. The highest BCUT2D eigenvalue weighted by molar-refractivity contribution is 5.88. The number of hydrogen-bond donors (Lipinski definition) is 0. The van der Waals surface area contributed by atoms with Gasteiger partial charge in [-0.25, -0.2) is 9.78 Å². The molecule has 3 aromatic rings. The van der Waals surface area contributed by atoms with Gasteiger partial charge in [-0.3, -0.25) is 4.57 Å². The van der Waals surface area contributed by atoms with Crippen molar-refractivity contribution in [3.8, 4) is 22.8 Å². The Bertz CT molecular complexity index is 899. The highest BCUT2D eigenvalue weighted by Crippen LogP contribution is 2.31. The lowest BCUT2D eigenvalue weighted by molar-refractivity contribution is 0.0520. The van der Waals surface area contributed by atoms with Crippen LogP contribution in [0, 0.1) is 6.92 Å². The predicted molar refractivity (Wildman–Crippen MR) is 96.2 cm³/mol. The maximum Gasteiger partial charge on any atom is 0.358 e. The molecule has 0 N–H and O–H groups in total. The number of carbonyl (C=O) groups excluding carboxylic acids is 1. The molecule has 1 heterocycles. The number of rotatable bonds is 5. The molecule has 1 aromatic heterocycles. The Morgan fingerprint density at radius 2 is 1.96 bits per heavy atom. The number of esters is 1. The van der Waals surface area contributed by atoms with Crippen molar-refractivity contribution in [2.24, 2.45) is 0 Å². The Hall–Kier alpha value is -3.08. The first-order chi connectivity index (χ1) is 12.1. The van der Waals surface area contributed by atoms with Gasteiger partial charge >= 0.3 is 5.97 Å². The van der Waals surface area contributed by atoms with Gasteiger partial charge in [-0.2, -0.15) is 0 Å². The fourth-order valence-corrected chi connectivity index (χ4v) is 2.68. The normalized spacial score (nSPS) is 10.5. The largest absolute Gasteiger partial charge is 0.496 e. The van der Waals surface area contributed by atoms with E-state index >= 15 is 0 Å². The van der Waals surface area contributed by atoms with E-state index in [4.69, 9.17) is 9.47 Å². The number of benzene rings is 2. The average Bonchev–Trinajstić information content (AvgIpc) is 3.07. The Morgan fingerprint density at radius 3 is 2.68 bits per heavy atom. The summed E-state index contributed by atoms with van der Waals surface area (Å²) in [6, 6.07) is 15.6. The molecule has 5 nitrogen and oxygen atoms in total. The minimum absolute atomic E-state index is 0.268. The van der Waals surface area contributed by atoms with Gasteiger partial charge in [0.15, 0.2) is 5.69 Å². The van der Waals surface area contributed by atoms with Gasteiger partial charge < -0.3 is 9.47 Å². The molecule has 0 amide bonds. The van der Waals surface area contributed by atoms with Crippen LogP contribution >= 0.6 is 0 Å². The summed E-state index contributed by atoms with van der Waals surface area (Å²) >= 11 is 0.